The van der Waals surface area contributed by atoms with Gasteiger partial charge < -0.3 is 9.47 Å². The number of carbonyl (C=O) groups is 1. The molecule has 0 radical (unpaired) electrons. The number of ether oxygens (including phenoxy) is 2. The van der Waals surface area contributed by atoms with Crippen molar-refractivity contribution in [3.05, 3.63) is 0 Å². The molecule has 1 unspecified atom stereocenters. The SMILES string of the molecule is CC(C)(C)OC(=O)[C@H]1CCCN1CC1CCC(C)(C)O1. The molecule has 2 atom stereocenters. The molecule has 4 heteroatoms. The minimum Gasteiger partial charge on any atom is -0.459 e. The molecular weight excluding hydrogens is 254 g/mol. The molecule has 2 heterocycles. The van der Waals surface area contributed by atoms with Crippen LogP contribution in [0, 0.1) is 0 Å². The number of carbonyl (C=O) groups excluding carboxylic acids is 1. The molecule has 2 aliphatic heterocycles. The van der Waals surface area contributed by atoms with Gasteiger partial charge in [-0.25, -0.2) is 0 Å². The molecular formula is C16H29NO3. The Balaban J connectivity index is 1.89. The standard InChI is InChI=1S/C16H29NO3/c1-15(2,3)20-14(18)13-7-6-10-17(13)11-12-8-9-16(4,5)19-12/h12-13H,6-11H2,1-5H3/t12?,13-/m1/s1. The molecule has 2 fully saturated rings. The molecule has 0 aliphatic carbocycles. The molecule has 0 spiro atoms. The molecule has 2 rings (SSSR count). The summed E-state index contributed by atoms with van der Waals surface area (Å²) in [5.74, 6) is -0.0766. The van der Waals surface area contributed by atoms with Crippen LogP contribution in [0.2, 0.25) is 0 Å². The van der Waals surface area contributed by atoms with E-state index in [0.29, 0.717) is 0 Å². The predicted molar refractivity (Wildman–Crippen MR) is 78.6 cm³/mol. The van der Waals surface area contributed by atoms with E-state index in [1.165, 1.54) is 0 Å². The molecule has 0 bridgehead atoms. The summed E-state index contributed by atoms with van der Waals surface area (Å²) in [5.41, 5.74) is -0.414. The third-order valence-electron chi connectivity index (χ3n) is 4.03. The lowest BCUT2D eigenvalue weighted by Gasteiger charge is -2.29. The summed E-state index contributed by atoms with van der Waals surface area (Å²) in [4.78, 5) is 14.5. The molecule has 4 nitrogen and oxygen atoms in total. The van der Waals surface area contributed by atoms with Crippen molar-refractivity contribution in [1.82, 2.24) is 4.90 Å². The van der Waals surface area contributed by atoms with Gasteiger partial charge in [0.05, 0.1) is 11.7 Å². The predicted octanol–water partition coefficient (Wildman–Crippen LogP) is 2.75. The maximum atomic E-state index is 12.3. The van der Waals surface area contributed by atoms with E-state index in [0.717, 1.165) is 38.8 Å². The van der Waals surface area contributed by atoms with Crippen LogP contribution in [0.4, 0.5) is 0 Å². The van der Waals surface area contributed by atoms with E-state index >= 15 is 0 Å². The summed E-state index contributed by atoms with van der Waals surface area (Å²) >= 11 is 0. The van der Waals surface area contributed by atoms with Crippen LogP contribution in [0.1, 0.15) is 60.3 Å². The number of esters is 1. The molecule has 0 aromatic heterocycles. The van der Waals surface area contributed by atoms with Crippen molar-refractivity contribution < 1.29 is 14.3 Å². The second-order valence-corrected chi connectivity index (χ2v) is 7.72. The van der Waals surface area contributed by atoms with Crippen molar-refractivity contribution >= 4 is 5.97 Å². The lowest BCUT2D eigenvalue weighted by molar-refractivity contribution is -0.160. The number of hydrogen-bond donors (Lipinski definition) is 0. The van der Waals surface area contributed by atoms with Crippen LogP contribution in [-0.2, 0) is 14.3 Å². The highest BCUT2D eigenvalue weighted by molar-refractivity contribution is 5.76. The molecule has 0 saturated carbocycles. The third-order valence-corrected chi connectivity index (χ3v) is 4.03. The average molecular weight is 283 g/mol. The zero-order valence-electron chi connectivity index (χ0n) is 13.6. The van der Waals surface area contributed by atoms with Crippen LogP contribution in [0.3, 0.4) is 0 Å². The summed E-state index contributed by atoms with van der Waals surface area (Å²) in [5, 5.41) is 0. The molecule has 2 aliphatic rings. The smallest absolute Gasteiger partial charge is 0.323 e. The Morgan fingerprint density at radius 2 is 2.05 bits per heavy atom. The monoisotopic (exact) mass is 283 g/mol. The van der Waals surface area contributed by atoms with Crippen molar-refractivity contribution in [2.24, 2.45) is 0 Å². The third kappa shape index (κ3) is 4.19. The maximum absolute atomic E-state index is 12.3. The fraction of sp³-hybridized carbons (Fsp3) is 0.938. The van der Waals surface area contributed by atoms with Gasteiger partial charge in [0.25, 0.3) is 0 Å². The maximum Gasteiger partial charge on any atom is 0.323 e. The summed E-state index contributed by atoms with van der Waals surface area (Å²) in [6, 6.07) is -0.0819. The number of nitrogens with zero attached hydrogens (tertiary/aromatic N) is 1. The Morgan fingerprint density at radius 1 is 1.35 bits per heavy atom. The van der Waals surface area contributed by atoms with Crippen LogP contribution in [0.25, 0.3) is 0 Å². The van der Waals surface area contributed by atoms with E-state index < -0.39 is 5.60 Å². The first kappa shape index (κ1) is 15.8. The Labute approximate surface area is 122 Å². The van der Waals surface area contributed by atoms with Crippen molar-refractivity contribution in [1.29, 1.82) is 0 Å². The van der Waals surface area contributed by atoms with Crippen molar-refractivity contribution in [3.63, 3.8) is 0 Å². The number of hydrogen-bond acceptors (Lipinski definition) is 4. The fourth-order valence-corrected chi connectivity index (χ4v) is 3.15. The van der Waals surface area contributed by atoms with Gasteiger partial charge in [0.15, 0.2) is 0 Å². The first-order valence-corrected chi connectivity index (χ1v) is 7.81. The highest BCUT2D eigenvalue weighted by Crippen LogP contribution is 2.31. The fourth-order valence-electron chi connectivity index (χ4n) is 3.15. The van der Waals surface area contributed by atoms with Crippen molar-refractivity contribution in [2.45, 2.75) is 83.6 Å². The Hall–Kier alpha value is -0.610. The van der Waals surface area contributed by atoms with E-state index in [4.69, 9.17) is 9.47 Å². The molecule has 2 saturated heterocycles. The van der Waals surface area contributed by atoms with Gasteiger partial charge in [-0.3, -0.25) is 9.69 Å². The van der Waals surface area contributed by atoms with Crippen LogP contribution < -0.4 is 0 Å². The van der Waals surface area contributed by atoms with Gasteiger partial charge in [-0.15, -0.1) is 0 Å². The largest absolute Gasteiger partial charge is 0.459 e. The summed E-state index contributed by atoms with van der Waals surface area (Å²) < 4.78 is 11.6. The van der Waals surface area contributed by atoms with Gasteiger partial charge >= 0.3 is 5.97 Å². The lowest BCUT2D eigenvalue weighted by Crippen LogP contribution is -2.43. The number of likely N-dealkylation sites (tertiary alicyclic amines) is 1. The van der Waals surface area contributed by atoms with Crippen LogP contribution in [0.15, 0.2) is 0 Å². The Kier molecular flexibility index (Phi) is 4.45. The van der Waals surface area contributed by atoms with Gasteiger partial charge in [-0.05, 0) is 66.8 Å². The van der Waals surface area contributed by atoms with Gasteiger partial charge in [-0.2, -0.15) is 0 Å². The van der Waals surface area contributed by atoms with E-state index in [1.54, 1.807) is 0 Å². The minimum atomic E-state index is -0.406. The van der Waals surface area contributed by atoms with Gasteiger partial charge in [-0.1, -0.05) is 0 Å². The molecule has 0 N–H and O–H groups in total. The van der Waals surface area contributed by atoms with Crippen LogP contribution >= 0.6 is 0 Å². The van der Waals surface area contributed by atoms with Gasteiger partial charge in [0.1, 0.15) is 11.6 Å². The van der Waals surface area contributed by atoms with E-state index in [9.17, 15) is 4.79 Å². The average Bonchev–Trinajstić information content (AvgIpc) is 2.83. The second-order valence-electron chi connectivity index (χ2n) is 7.72. The molecule has 0 aromatic rings. The van der Waals surface area contributed by atoms with E-state index in [1.807, 2.05) is 20.8 Å². The molecule has 0 aromatic carbocycles. The zero-order chi connectivity index (χ0) is 15.0. The first-order chi connectivity index (χ1) is 9.16. The topological polar surface area (TPSA) is 38.8 Å². The number of rotatable bonds is 3. The highest BCUT2D eigenvalue weighted by Gasteiger charge is 2.38. The van der Waals surface area contributed by atoms with Crippen LogP contribution in [0.5, 0.6) is 0 Å². The summed E-state index contributed by atoms with van der Waals surface area (Å²) in [7, 11) is 0. The summed E-state index contributed by atoms with van der Waals surface area (Å²) in [6.45, 7) is 11.9. The quantitative estimate of drug-likeness (QED) is 0.747. The second kappa shape index (κ2) is 5.64. The van der Waals surface area contributed by atoms with Crippen molar-refractivity contribution in [2.75, 3.05) is 13.1 Å². The van der Waals surface area contributed by atoms with Gasteiger partial charge in [0, 0.05) is 6.54 Å². The normalized spacial score (nSPS) is 30.6. The Morgan fingerprint density at radius 3 is 2.60 bits per heavy atom. The van der Waals surface area contributed by atoms with Gasteiger partial charge in [0.2, 0.25) is 0 Å². The van der Waals surface area contributed by atoms with Crippen molar-refractivity contribution in [3.8, 4) is 0 Å². The first-order valence-electron chi connectivity index (χ1n) is 7.81. The summed E-state index contributed by atoms with van der Waals surface area (Å²) in [6.07, 6.45) is 4.42. The van der Waals surface area contributed by atoms with E-state index in [2.05, 4.69) is 18.7 Å². The molecule has 0 amide bonds. The zero-order valence-corrected chi connectivity index (χ0v) is 13.6. The lowest BCUT2D eigenvalue weighted by atomic mass is 10.1. The van der Waals surface area contributed by atoms with Crippen LogP contribution in [-0.4, -0.2) is 47.3 Å². The molecule has 20 heavy (non-hydrogen) atoms. The van der Waals surface area contributed by atoms with E-state index in [-0.39, 0.29) is 23.7 Å². The Bertz CT molecular complexity index is 359. The highest BCUT2D eigenvalue weighted by atomic mass is 16.6. The molecule has 116 valence electrons. The minimum absolute atomic E-state index is 0.00813.